The molecule has 0 spiro atoms. The molecule has 2 rings (SSSR count). The Labute approximate surface area is 120 Å². The Morgan fingerprint density at radius 3 is 2.74 bits per heavy atom. The maximum Gasteiger partial charge on any atom is 0.167 e. The van der Waals surface area contributed by atoms with Gasteiger partial charge in [-0.05, 0) is 36.8 Å². The molecule has 0 saturated carbocycles. The average molecular weight is 325 g/mol. The Balaban J connectivity index is 2.16. The first-order valence-corrected chi connectivity index (χ1v) is 6.61. The van der Waals surface area contributed by atoms with E-state index in [0.29, 0.717) is 5.56 Å². The van der Waals surface area contributed by atoms with Crippen molar-refractivity contribution in [2.45, 2.75) is 13.5 Å². The summed E-state index contributed by atoms with van der Waals surface area (Å²) >= 11 is 3.44. The van der Waals surface area contributed by atoms with Crippen LogP contribution in [0.1, 0.15) is 11.1 Å². The van der Waals surface area contributed by atoms with Crippen molar-refractivity contribution in [3.8, 4) is 11.5 Å². The third-order valence-corrected chi connectivity index (χ3v) is 3.57. The fourth-order valence-electron chi connectivity index (χ4n) is 1.68. The largest absolute Gasteiger partial charge is 0.497 e. The van der Waals surface area contributed by atoms with Crippen LogP contribution in [0, 0.1) is 12.7 Å². The van der Waals surface area contributed by atoms with Crippen LogP contribution >= 0.6 is 15.9 Å². The Kier molecular flexibility index (Phi) is 4.43. The van der Waals surface area contributed by atoms with Crippen LogP contribution in [-0.4, -0.2) is 7.11 Å². The van der Waals surface area contributed by atoms with Gasteiger partial charge in [-0.3, -0.25) is 0 Å². The SMILES string of the molecule is COc1ccc(Br)c(COc2cccc(C)c2F)c1. The van der Waals surface area contributed by atoms with Gasteiger partial charge in [0.2, 0.25) is 0 Å². The third kappa shape index (κ3) is 3.26. The molecule has 2 aromatic carbocycles. The fraction of sp³-hybridized carbons (Fsp3) is 0.200. The second-order valence-electron chi connectivity index (χ2n) is 4.13. The molecule has 0 heterocycles. The maximum absolute atomic E-state index is 13.8. The first-order chi connectivity index (χ1) is 9.11. The van der Waals surface area contributed by atoms with Gasteiger partial charge in [0.1, 0.15) is 12.4 Å². The monoisotopic (exact) mass is 324 g/mol. The molecule has 0 fully saturated rings. The summed E-state index contributed by atoms with van der Waals surface area (Å²) in [6.07, 6.45) is 0. The second kappa shape index (κ2) is 6.06. The van der Waals surface area contributed by atoms with Crippen LogP contribution in [0.3, 0.4) is 0 Å². The van der Waals surface area contributed by atoms with Gasteiger partial charge < -0.3 is 9.47 Å². The van der Waals surface area contributed by atoms with E-state index < -0.39 is 0 Å². The number of hydrogen-bond acceptors (Lipinski definition) is 2. The number of ether oxygens (including phenoxy) is 2. The van der Waals surface area contributed by atoms with Gasteiger partial charge in [-0.1, -0.05) is 28.1 Å². The third-order valence-electron chi connectivity index (χ3n) is 2.79. The zero-order valence-electron chi connectivity index (χ0n) is 10.7. The lowest BCUT2D eigenvalue weighted by atomic mass is 10.2. The van der Waals surface area contributed by atoms with Crippen LogP contribution in [-0.2, 0) is 6.61 Å². The molecule has 19 heavy (non-hydrogen) atoms. The standard InChI is InChI=1S/C15H14BrFO2/c1-10-4-3-5-14(15(10)17)19-9-11-8-12(18-2)6-7-13(11)16/h3-8H,9H2,1-2H3. The topological polar surface area (TPSA) is 18.5 Å². The summed E-state index contributed by atoms with van der Waals surface area (Å²) in [5, 5.41) is 0. The van der Waals surface area contributed by atoms with E-state index in [-0.39, 0.29) is 18.2 Å². The molecule has 4 heteroatoms. The summed E-state index contributed by atoms with van der Waals surface area (Å²) in [5.41, 5.74) is 1.47. The molecule has 100 valence electrons. The van der Waals surface area contributed by atoms with Crippen LogP contribution in [0.15, 0.2) is 40.9 Å². The van der Waals surface area contributed by atoms with Gasteiger partial charge in [-0.25, -0.2) is 4.39 Å². The van der Waals surface area contributed by atoms with E-state index >= 15 is 0 Å². The van der Waals surface area contributed by atoms with Crippen LogP contribution in [0.4, 0.5) is 4.39 Å². The maximum atomic E-state index is 13.8. The Bertz CT molecular complexity index is 584. The highest BCUT2D eigenvalue weighted by Gasteiger charge is 2.08. The van der Waals surface area contributed by atoms with Crippen molar-refractivity contribution in [3.05, 3.63) is 57.8 Å². The van der Waals surface area contributed by atoms with Gasteiger partial charge in [0.25, 0.3) is 0 Å². The summed E-state index contributed by atoms with van der Waals surface area (Å²) in [7, 11) is 1.61. The molecule has 0 aliphatic heterocycles. The van der Waals surface area contributed by atoms with E-state index in [1.165, 1.54) is 0 Å². The molecular weight excluding hydrogens is 311 g/mol. The smallest absolute Gasteiger partial charge is 0.167 e. The van der Waals surface area contributed by atoms with E-state index in [0.717, 1.165) is 15.8 Å². The van der Waals surface area contributed by atoms with Crippen LogP contribution in [0.25, 0.3) is 0 Å². The molecule has 0 atom stereocenters. The molecule has 0 unspecified atom stereocenters. The summed E-state index contributed by atoms with van der Waals surface area (Å²) in [4.78, 5) is 0. The fourth-order valence-corrected chi connectivity index (χ4v) is 2.04. The van der Waals surface area contributed by atoms with Gasteiger partial charge >= 0.3 is 0 Å². The van der Waals surface area contributed by atoms with E-state index in [4.69, 9.17) is 9.47 Å². The Morgan fingerprint density at radius 1 is 1.21 bits per heavy atom. The van der Waals surface area contributed by atoms with Crippen molar-refractivity contribution in [3.63, 3.8) is 0 Å². The van der Waals surface area contributed by atoms with E-state index in [9.17, 15) is 4.39 Å². The molecule has 0 saturated heterocycles. The van der Waals surface area contributed by atoms with Crippen LogP contribution < -0.4 is 9.47 Å². The van der Waals surface area contributed by atoms with Crippen molar-refractivity contribution >= 4 is 15.9 Å². The summed E-state index contributed by atoms with van der Waals surface area (Å²) in [6, 6.07) is 10.7. The predicted octanol–water partition coefficient (Wildman–Crippen LogP) is 4.48. The van der Waals surface area contributed by atoms with Crippen molar-refractivity contribution in [2.24, 2.45) is 0 Å². The molecule has 0 N–H and O–H groups in total. The van der Waals surface area contributed by atoms with E-state index in [1.54, 1.807) is 32.2 Å². The zero-order chi connectivity index (χ0) is 13.8. The van der Waals surface area contributed by atoms with Gasteiger partial charge in [0, 0.05) is 10.0 Å². The number of halogens is 2. The molecule has 0 aliphatic carbocycles. The second-order valence-corrected chi connectivity index (χ2v) is 4.99. The summed E-state index contributed by atoms with van der Waals surface area (Å²) in [5.74, 6) is 0.683. The minimum Gasteiger partial charge on any atom is -0.497 e. The van der Waals surface area contributed by atoms with Gasteiger partial charge in [0.15, 0.2) is 11.6 Å². The van der Waals surface area contributed by atoms with Gasteiger partial charge in [0.05, 0.1) is 7.11 Å². The highest BCUT2D eigenvalue weighted by atomic mass is 79.9. The lowest BCUT2D eigenvalue weighted by Crippen LogP contribution is -1.99. The number of rotatable bonds is 4. The van der Waals surface area contributed by atoms with Gasteiger partial charge in [-0.15, -0.1) is 0 Å². The molecule has 0 radical (unpaired) electrons. The molecule has 0 aliphatic rings. The van der Waals surface area contributed by atoms with Crippen molar-refractivity contribution < 1.29 is 13.9 Å². The summed E-state index contributed by atoms with van der Waals surface area (Å²) < 4.78 is 25.4. The molecule has 0 aromatic heterocycles. The quantitative estimate of drug-likeness (QED) is 0.825. The zero-order valence-corrected chi connectivity index (χ0v) is 12.3. The van der Waals surface area contributed by atoms with Crippen molar-refractivity contribution in [1.82, 2.24) is 0 Å². The number of benzene rings is 2. The number of hydrogen-bond donors (Lipinski definition) is 0. The lowest BCUT2D eigenvalue weighted by Gasteiger charge is -2.11. The molecule has 2 nitrogen and oxygen atoms in total. The summed E-state index contributed by atoms with van der Waals surface area (Å²) in [6.45, 7) is 1.99. The van der Waals surface area contributed by atoms with E-state index in [1.807, 2.05) is 18.2 Å². The van der Waals surface area contributed by atoms with Crippen molar-refractivity contribution in [2.75, 3.05) is 7.11 Å². The van der Waals surface area contributed by atoms with Crippen LogP contribution in [0.5, 0.6) is 11.5 Å². The number of aryl methyl sites for hydroxylation is 1. The molecule has 0 bridgehead atoms. The minimum atomic E-state index is -0.318. The Hall–Kier alpha value is -1.55. The first-order valence-electron chi connectivity index (χ1n) is 5.82. The molecule has 0 amide bonds. The van der Waals surface area contributed by atoms with E-state index in [2.05, 4.69) is 15.9 Å². The van der Waals surface area contributed by atoms with Crippen LogP contribution in [0.2, 0.25) is 0 Å². The molecule has 2 aromatic rings. The minimum absolute atomic E-state index is 0.259. The first kappa shape index (κ1) is 13.9. The highest BCUT2D eigenvalue weighted by molar-refractivity contribution is 9.10. The normalized spacial score (nSPS) is 10.3. The van der Waals surface area contributed by atoms with Gasteiger partial charge in [-0.2, -0.15) is 0 Å². The highest BCUT2D eigenvalue weighted by Crippen LogP contribution is 2.25. The lowest BCUT2D eigenvalue weighted by molar-refractivity contribution is 0.288. The average Bonchev–Trinajstić information content (AvgIpc) is 2.42. The van der Waals surface area contributed by atoms with Crippen molar-refractivity contribution in [1.29, 1.82) is 0 Å². The molecular formula is C15H14BrFO2. The predicted molar refractivity (Wildman–Crippen MR) is 76.2 cm³/mol. The number of methoxy groups -OCH3 is 1. The Morgan fingerprint density at radius 2 is 2.00 bits per heavy atom.